The van der Waals surface area contributed by atoms with Crippen LogP contribution in [0.1, 0.15) is 18.3 Å². The van der Waals surface area contributed by atoms with E-state index in [4.69, 9.17) is 5.73 Å². The van der Waals surface area contributed by atoms with Gasteiger partial charge < -0.3 is 5.73 Å². The van der Waals surface area contributed by atoms with Gasteiger partial charge in [-0.1, -0.05) is 6.92 Å². The second kappa shape index (κ2) is 4.23. The lowest BCUT2D eigenvalue weighted by Crippen LogP contribution is -2.55. The fourth-order valence-electron chi connectivity index (χ4n) is 1.94. The highest BCUT2D eigenvalue weighted by atomic mass is 79.9. The molecule has 0 spiro atoms. The third-order valence-electron chi connectivity index (χ3n) is 2.86. The van der Waals surface area contributed by atoms with Gasteiger partial charge in [0.1, 0.15) is 0 Å². The van der Waals surface area contributed by atoms with Crippen LogP contribution in [-0.2, 0) is 20.0 Å². The zero-order valence-corrected chi connectivity index (χ0v) is 10.8. The Morgan fingerprint density at radius 1 is 1.53 bits per heavy atom. The van der Waals surface area contributed by atoms with E-state index in [9.17, 15) is 0 Å². The molecule has 0 saturated carbocycles. The first-order chi connectivity index (χ1) is 7.11. The molecule has 0 bridgehead atoms. The zero-order chi connectivity index (χ0) is 11.0. The van der Waals surface area contributed by atoms with E-state index in [0.717, 1.165) is 36.2 Å². The molecule has 5 heteroatoms. The molecule has 0 radical (unpaired) electrons. The van der Waals surface area contributed by atoms with E-state index in [2.05, 4.69) is 32.9 Å². The van der Waals surface area contributed by atoms with Crippen LogP contribution in [0.4, 0.5) is 0 Å². The fraction of sp³-hybridized carbons (Fsp3) is 0.700. The van der Waals surface area contributed by atoms with Gasteiger partial charge in [-0.3, -0.25) is 9.58 Å². The van der Waals surface area contributed by atoms with E-state index >= 15 is 0 Å². The van der Waals surface area contributed by atoms with Crippen LogP contribution in [0.15, 0.2) is 4.47 Å². The van der Waals surface area contributed by atoms with Crippen LogP contribution < -0.4 is 5.73 Å². The summed E-state index contributed by atoms with van der Waals surface area (Å²) in [6.45, 7) is 5.06. The van der Waals surface area contributed by atoms with Crippen LogP contribution in [0.5, 0.6) is 0 Å². The molecule has 1 aliphatic rings. The summed E-state index contributed by atoms with van der Waals surface area (Å²) in [6.07, 6.45) is 0.966. The van der Waals surface area contributed by atoms with Crippen LogP contribution in [0.2, 0.25) is 0 Å². The van der Waals surface area contributed by atoms with Crippen molar-refractivity contribution in [3.63, 3.8) is 0 Å². The SMILES string of the molecule is CCc1nn(C)c(CN2CC(N)C2)c1Br. The Morgan fingerprint density at radius 3 is 2.67 bits per heavy atom. The van der Waals surface area contributed by atoms with E-state index in [0.29, 0.717) is 6.04 Å². The molecule has 0 aliphatic carbocycles. The lowest BCUT2D eigenvalue weighted by molar-refractivity contribution is 0.138. The van der Waals surface area contributed by atoms with Gasteiger partial charge in [-0.2, -0.15) is 5.10 Å². The molecule has 1 aromatic rings. The fourth-order valence-corrected chi connectivity index (χ4v) is 2.68. The average molecular weight is 273 g/mol. The summed E-state index contributed by atoms with van der Waals surface area (Å²) in [7, 11) is 2.00. The minimum atomic E-state index is 0.364. The minimum Gasteiger partial charge on any atom is -0.325 e. The molecule has 84 valence electrons. The number of aromatic nitrogens is 2. The first-order valence-corrected chi connectivity index (χ1v) is 6.09. The van der Waals surface area contributed by atoms with Gasteiger partial charge in [-0.05, 0) is 22.4 Å². The molecule has 2 rings (SSSR count). The number of likely N-dealkylation sites (tertiary alicyclic amines) is 1. The van der Waals surface area contributed by atoms with Gasteiger partial charge in [0.15, 0.2) is 0 Å². The van der Waals surface area contributed by atoms with Crippen molar-refractivity contribution in [2.45, 2.75) is 25.9 Å². The van der Waals surface area contributed by atoms with Crippen LogP contribution in [-0.4, -0.2) is 33.8 Å². The van der Waals surface area contributed by atoms with Crippen molar-refractivity contribution in [2.24, 2.45) is 12.8 Å². The largest absolute Gasteiger partial charge is 0.325 e. The Labute approximate surface area is 98.6 Å². The molecule has 0 atom stereocenters. The summed E-state index contributed by atoms with van der Waals surface area (Å²) < 4.78 is 3.13. The standard InChI is InChI=1S/C10H17BrN4/c1-3-8-10(11)9(14(2)13-8)6-15-4-7(12)5-15/h7H,3-6,12H2,1-2H3. The maximum absolute atomic E-state index is 5.75. The topological polar surface area (TPSA) is 47.1 Å². The van der Waals surface area contributed by atoms with Gasteiger partial charge in [-0.25, -0.2) is 0 Å². The van der Waals surface area contributed by atoms with E-state index in [1.54, 1.807) is 0 Å². The Kier molecular flexibility index (Phi) is 3.13. The Bertz CT molecular complexity index is 355. The second-order valence-electron chi connectivity index (χ2n) is 4.14. The molecule has 1 aliphatic heterocycles. The van der Waals surface area contributed by atoms with Crippen molar-refractivity contribution in [3.05, 3.63) is 15.9 Å². The Balaban J connectivity index is 2.10. The maximum Gasteiger partial charge on any atom is 0.0767 e. The van der Waals surface area contributed by atoms with Gasteiger partial charge >= 0.3 is 0 Å². The molecule has 4 nitrogen and oxygen atoms in total. The normalized spacial score (nSPS) is 18.1. The highest BCUT2D eigenvalue weighted by Crippen LogP contribution is 2.24. The Hall–Kier alpha value is -0.390. The van der Waals surface area contributed by atoms with Crippen molar-refractivity contribution in [3.8, 4) is 0 Å². The summed E-state index contributed by atoms with van der Waals surface area (Å²) >= 11 is 3.62. The predicted octanol–water partition coefficient (Wildman–Crippen LogP) is 0.888. The van der Waals surface area contributed by atoms with Crippen molar-refractivity contribution in [2.75, 3.05) is 13.1 Å². The van der Waals surface area contributed by atoms with Gasteiger partial charge in [0.2, 0.25) is 0 Å². The first kappa shape index (κ1) is 11.1. The average Bonchev–Trinajstić information content (AvgIpc) is 2.42. The molecule has 0 aromatic carbocycles. The molecule has 2 heterocycles. The summed E-state index contributed by atoms with van der Waals surface area (Å²) in [5, 5.41) is 4.47. The molecular formula is C10H17BrN4. The van der Waals surface area contributed by atoms with Crippen molar-refractivity contribution in [1.29, 1.82) is 0 Å². The molecule has 0 unspecified atom stereocenters. The second-order valence-corrected chi connectivity index (χ2v) is 4.93. The predicted molar refractivity (Wildman–Crippen MR) is 63.5 cm³/mol. The zero-order valence-electron chi connectivity index (χ0n) is 9.20. The number of hydrogen-bond donors (Lipinski definition) is 1. The number of nitrogens with two attached hydrogens (primary N) is 1. The molecule has 1 saturated heterocycles. The van der Waals surface area contributed by atoms with E-state index in [1.165, 1.54) is 5.69 Å². The Morgan fingerprint density at radius 2 is 2.20 bits per heavy atom. The van der Waals surface area contributed by atoms with Crippen molar-refractivity contribution in [1.82, 2.24) is 14.7 Å². The lowest BCUT2D eigenvalue weighted by atomic mass is 10.1. The molecule has 1 aromatic heterocycles. The lowest BCUT2D eigenvalue weighted by Gasteiger charge is -2.36. The molecule has 0 amide bonds. The molecule has 2 N–H and O–H groups in total. The van der Waals surface area contributed by atoms with Gasteiger partial charge in [-0.15, -0.1) is 0 Å². The molecular weight excluding hydrogens is 256 g/mol. The quantitative estimate of drug-likeness (QED) is 0.889. The van der Waals surface area contributed by atoms with Crippen LogP contribution in [0, 0.1) is 0 Å². The highest BCUT2D eigenvalue weighted by Gasteiger charge is 2.25. The maximum atomic E-state index is 5.75. The molecule has 1 fully saturated rings. The van der Waals surface area contributed by atoms with Gasteiger partial charge in [0, 0.05) is 32.7 Å². The third-order valence-corrected chi connectivity index (χ3v) is 3.78. The summed E-state index contributed by atoms with van der Waals surface area (Å²) in [4.78, 5) is 2.34. The van der Waals surface area contributed by atoms with Crippen LogP contribution in [0.25, 0.3) is 0 Å². The molecule has 15 heavy (non-hydrogen) atoms. The minimum absolute atomic E-state index is 0.364. The van der Waals surface area contributed by atoms with Crippen molar-refractivity contribution < 1.29 is 0 Å². The smallest absolute Gasteiger partial charge is 0.0767 e. The number of aryl methyl sites for hydroxylation is 2. The summed E-state index contributed by atoms with van der Waals surface area (Å²) in [5.74, 6) is 0. The highest BCUT2D eigenvalue weighted by molar-refractivity contribution is 9.10. The number of halogens is 1. The monoisotopic (exact) mass is 272 g/mol. The van der Waals surface area contributed by atoms with E-state index < -0.39 is 0 Å². The van der Waals surface area contributed by atoms with Gasteiger partial charge in [0.25, 0.3) is 0 Å². The van der Waals surface area contributed by atoms with Crippen LogP contribution in [0.3, 0.4) is 0 Å². The van der Waals surface area contributed by atoms with E-state index in [-0.39, 0.29) is 0 Å². The summed E-state index contributed by atoms with van der Waals surface area (Å²) in [5.41, 5.74) is 8.14. The van der Waals surface area contributed by atoms with Gasteiger partial charge in [0.05, 0.1) is 15.9 Å². The number of rotatable bonds is 3. The van der Waals surface area contributed by atoms with E-state index in [1.807, 2.05) is 11.7 Å². The summed E-state index contributed by atoms with van der Waals surface area (Å²) in [6, 6.07) is 0.364. The first-order valence-electron chi connectivity index (χ1n) is 5.30. The number of hydrogen-bond acceptors (Lipinski definition) is 3. The number of nitrogens with zero attached hydrogens (tertiary/aromatic N) is 3. The van der Waals surface area contributed by atoms with Crippen molar-refractivity contribution >= 4 is 15.9 Å². The van der Waals surface area contributed by atoms with Crippen LogP contribution >= 0.6 is 15.9 Å². The third kappa shape index (κ3) is 2.09.